The van der Waals surface area contributed by atoms with E-state index in [0.29, 0.717) is 6.61 Å². The number of hydrogen-bond acceptors (Lipinski definition) is 4. The fraction of sp³-hybridized carbons (Fsp3) is 0.800. The smallest absolute Gasteiger partial charge is 0.110 e. The molecule has 1 rings (SSSR count). The van der Waals surface area contributed by atoms with Gasteiger partial charge in [0, 0.05) is 32.0 Å². The Morgan fingerprint density at radius 1 is 1.35 bits per heavy atom. The molecule has 0 aliphatic rings. The summed E-state index contributed by atoms with van der Waals surface area (Å²) in [7, 11) is 0. The van der Waals surface area contributed by atoms with Crippen molar-refractivity contribution < 1.29 is 4.74 Å². The maximum absolute atomic E-state index is 6.05. The van der Waals surface area contributed by atoms with Gasteiger partial charge in [-0.15, -0.1) is 0 Å². The van der Waals surface area contributed by atoms with Crippen LogP contribution in [0, 0.1) is 0 Å². The largest absolute Gasteiger partial charge is 0.374 e. The van der Waals surface area contributed by atoms with E-state index in [0.717, 1.165) is 38.1 Å². The van der Waals surface area contributed by atoms with Crippen molar-refractivity contribution in [3.8, 4) is 0 Å². The minimum Gasteiger partial charge on any atom is -0.374 e. The third-order valence-electron chi connectivity index (χ3n) is 4.12. The highest BCUT2D eigenvalue weighted by Crippen LogP contribution is 2.26. The number of ether oxygens (including phenoxy) is 1. The van der Waals surface area contributed by atoms with Gasteiger partial charge in [0.05, 0.1) is 11.6 Å². The zero-order valence-electron chi connectivity index (χ0n) is 13.4. The van der Waals surface area contributed by atoms with E-state index in [1.165, 1.54) is 0 Å². The van der Waals surface area contributed by atoms with Crippen LogP contribution in [-0.2, 0) is 17.7 Å². The predicted molar refractivity (Wildman–Crippen MR) is 82.3 cm³/mol. The molecule has 1 aromatic heterocycles. The summed E-state index contributed by atoms with van der Waals surface area (Å²) in [6.45, 7) is 10.2. The van der Waals surface area contributed by atoms with E-state index in [2.05, 4.69) is 35.7 Å². The summed E-state index contributed by atoms with van der Waals surface area (Å²) in [4.78, 5) is 4.48. The third kappa shape index (κ3) is 3.81. The van der Waals surface area contributed by atoms with Gasteiger partial charge < -0.3 is 9.30 Å². The van der Waals surface area contributed by atoms with Crippen LogP contribution in [0.25, 0.3) is 0 Å². The summed E-state index contributed by atoms with van der Waals surface area (Å²) in [5, 5.41) is 0. The van der Waals surface area contributed by atoms with Crippen molar-refractivity contribution in [1.82, 2.24) is 15.0 Å². The van der Waals surface area contributed by atoms with E-state index in [1.807, 2.05) is 19.3 Å². The quantitative estimate of drug-likeness (QED) is 0.510. The first-order chi connectivity index (χ1) is 9.67. The van der Waals surface area contributed by atoms with E-state index < -0.39 is 0 Å². The maximum atomic E-state index is 6.05. The van der Waals surface area contributed by atoms with Gasteiger partial charge >= 0.3 is 0 Å². The molecule has 0 aromatic carbocycles. The lowest BCUT2D eigenvalue weighted by molar-refractivity contribution is -0.0724. The summed E-state index contributed by atoms with van der Waals surface area (Å²) >= 11 is 0. The average Bonchev–Trinajstić information content (AvgIpc) is 2.90. The van der Waals surface area contributed by atoms with E-state index in [-0.39, 0.29) is 11.6 Å². The Morgan fingerprint density at radius 2 is 2.05 bits per heavy atom. The van der Waals surface area contributed by atoms with E-state index in [1.54, 1.807) is 0 Å². The van der Waals surface area contributed by atoms with Gasteiger partial charge in [0.25, 0.3) is 0 Å². The topological polar surface area (TPSA) is 65.1 Å². The van der Waals surface area contributed by atoms with Crippen LogP contribution in [0.2, 0.25) is 0 Å². The molecule has 0 saturated heterocycles. The van der Waals surface area contributed by atoms with Crippen LogP contribution in [0.15, 0.2) is 12.4 Å². The molecule has 0 saturated carbocycles. The second-order valence-corrected chi connectivity index (χ2v) is 5.17. The molecular formula is C15H30N4O. The molecule has 0 aliphatic carbocycles. The number of nitrogens with zero attached hydrogens (tertiary/aromatic N) is 2. The van der Waals surface area contributed by atoms with Crippen LogP contribution in [0.3, 0.4) is 0 Å². The van der Waals surface area contributed by atoms with Gasteiger partial charge in [0.1, 0.15) is 5.82 Å². The second-order valence-electron chi connectivity index (χ2n) is 5.17. The fourth-order valence-electron chi connectivity index (χ4n) is 2.89. The van der Waals surface area contributed by atoms with Crippen molar-refractivity contribution in [2.75, 3.05) is 6.61 Å². The SMILES string of the molecule is CCCn1ccnc1CC(NN)C(CC)(CC)OCC. The van der Waals surface area contributed by atoms with Crippen LogP contribution >= 0.6 is 0 Å². The number of nitrogens with two attached hydrogens (primary N) is 1. The Labute approximate surface area is 122 Å². The molecule has 1 aromatic rings. The first-order valence-corrected chi connectivity index (χ1v) is 7.77. The minimum absolute atomic E-state index is 0.0652. The Kier molecular flexibility index (Phi) is 7.19. The van der Waals surface area contributed by atoms with Gasteiger partial charge in [-0.25, -0.2) is 4.98 Å². The molecule has 0 spiro atoms. The van der Waals surface area contributed by atoms with Crippen LogP contribution in [0.5, 0.6) is 0 Å². The Balaban J connectivity index is 2.91. The number of imidazole rings is 1. The van der Waals surface area contributed by atoms with Crippen LogP contribution in [-0.4, -0.2) is 27.8 Å². The lowest BCUT2D eigenvalue weighted by atomic mass is 9.86. The molecular weight excluding hydrogens is 252 g/mol. The minimum atomic E-state index is -0.230. The molecule has 0 aliphatic heterocycles. The fourth-order valence-corrected chi connectivity index (χ4v) is 2.89. The van der Waals surface area contributed by atoms with Gasteiger partial charge in [-0.1, -0.05) is 20.8 Å². The Hall–Kier alpha value is -0.910. The van der Waals surface area contributed by atoms with Gasteiger partial charge in [-0.2, -0.15) is 0 Å². The molecule has 5 nitrogen and oxygen atoms in total. The second kappa shape index (κ2) is 8.39. The highest BCUT2D eigenvalue weighted by atomic mass is 16.5. The highest BCUT2D eigenvalue weighted by Gasteiger charge is 2.36. The van der Waals surface area contributed by atoms with Crippen molar-refractivity contribution in [3.05, 3.63) is 18.2 Å². The normalized spacial score (nSPS) is 13.7. The molecule has 0 radical (unpaired) electrons. The van der Waals surface area contributed by atoms with Crippen molar-refractivity contribution in [1.29, 1.82) is 0 Å². The molecule has 0 bridgehead atoms. The zero-order valence-corrected chi connectivity index (χ0v) is 13.4. The van der Waals surface area contributed by atoms with Crippen molar-refractivity contribution in [2.45, 2.75) is 71.6 Å². The van der Waals surface area contributed by atoms with Crippen molar-refractivity contribution in [2.24, 2.45) is 5.84 Å². The van der Waals surface area contributed by atoms with E-state index in [9.17, 15) is 0 Å². The molecule has 1 atom stereocenters. The van der Waals surface area contributed by atoms with Gasteiger partial charge in [0.15, 0.2) is 0 Å². The molecule has 3 N–H and O–H groups in total. The lowest BCUT2D eigenvalue weighted by Gasteiger charge is -2.39. The maximum Gasteiger partial charge on any atom is 0.110 e. The van der Waals surface area contributed by atoms with Crippen molar-refractivity contribution >= 4 is 0 Å². The number of aryl methyl sites for hydroxylation is 1. The van der Waals surface area contributed by atoms with Gasteiger partial charge in [-0.3, -0.25) is 11.3 Å². The van der Waals surface area contributed by atoms with Gasteiger partial charge in [-0.05, 0) is 26.2 Å². The number of rotatable bonds is 10. The molecule has 0 amide bonds. The highest BCUT2D eigenvalue weighted by molar-refractivity contribution is 5.01. The zero-order chi connectivity index (χ0) is 15.0. The number of aromatic nitrogens is 2. The molecule has 1 heterocycles. The summed E-state index contributed by atoms with van der Waals surface area (Å²) in [5.74, 6) is 6.88. The van der Waals surface area contributed by atoms with Crippen LogP contribution in [0.4, 0.5) is 0 Å². The molecule has 20 heavy (non-hydrogen) atoms. The number of hydrazine groups is 1. The first kappa shape index (κ1) is 17.1. The van der Waals surface area contributed by atoms with Crippen LogP contribution in [0.1, 0.15) is 52.8 Å². The number of hydrogen-bond donors (Lipinski definition) is 2. The molecule has 0 fully saturated rings. The average molecular weight is 282 g/mol. The summed E-state index contributed by atoms with van der Waals surface area (Å²) < 4.78 is 8.25. The third-order valence-corrected chi connectivity index (χ3v) is 4.12. The predicted octanol–water partition coefficient (Wildman–Crippen LogP) is 2.26. The number of nitrogens with one attached hydrogen (secondary N) is 1. The molecule has 1 unspecified atom stereocenters. The summed E-state index contributed by atoms with van der Waals surface area (Å²) in [6, 6.07) is 0.0652. The van der Waals surface area contributed by atoms with E-state index in [4.69, 9.17) is 10.6 Å². The first-order valence-electron chi connectivity index (χ1n) is 7.77. The lowest BCUT2D eigenvalue weighted by Crippen LogP contribution is -2.55. The summed E-state index contributed by atoms with van der Waals surface area (Å²) in [6.07, 6.45) is 7.64. The van der Waals surface area contributed by atoms with Gasteiger partial charge in [0.2, 0.25) is 0 Å². The molecule has 116 valence electrons. The van der Waals surface area contributed by atoms with E-state index >= 15 is 0 Å². The standard InChI is InChI=1S/C15H30N4O/c1-5-10-19-11-9-17-14(19)12-13(18-16)15(6-2,7-3)20-8-4/h9,11,13,18H,5-8,10,12,16H2,1-4H3. The Morgan fingerprint density at radius 3 is 2.55 bits per heavy atom. The molecule has 5 heteroatoms. The Bertz CT molecular complexity index is 374. The van der Waals surface area contributed by atoms with Crippen LogP contribution < -0.4 is 11.3 Å². The monoisotopic (exact) mass is 282 g/mol. The van der Waals surface area contributed by atoms with Crippen molar-refractivity contribution in [3.63, 3.8) is 0 Å². The summed E-state index contributed by atoms with van der Waals surface area (Å²) in [5.41, 5.74) is 2.73.